The number of carbonyl (C=O) groups excluding carboxylic acids is 1. The number of hydrogen-bond donors (Lipinski definition) is 1. The number of benzene rings is 1. The standard InChI is InChI=1S/C19H23N3O2S/c1-3-22(14(2)23)19-20-17(13-25-19)12-21-10-8-16(9-11-21)15-4-6-18(24)7-5-15/h4-8,13,24H,3,9-12H2,1-2H3. The van der Waals surface area contributed by atoms with Gasteiger partial charge in [-0.1, -0.05) is 18.2 Å². The fourth-order valence-electron chi connectivity index (χ4n) is 3.01. The van der Waals surface area contributed by atoms with Crippen LogP contribution in [0, 0.1) is 0 Å². The highest BCUT2D eigenvalue weighted by molar-refractivity contribution is 7.14. The zero-order valence-electron chi connectivity index (χ0n) is 14.6. The fraction of sp³-hybridized carbons (Fsp3) is 0.368. The zero-order valence-corrected chi connectivity index (χ0v) is 15.4. The number of hydrogen-bond acceptors (Lipinski definition) is 5. The number of aromatic nitrogens is 1. The second-order valence-electron chi connectivity index (χ2n) is 6.15. The molecule has 0 fully saturated rings. The second kappa shape index (κ2) is 7.80. The van der Waals surface area contributed by atoms with Crippen LogP contribution in [0.4, 0.5) is 5.13 Å². The summed E-state index contributed by atoms with van der Waals surface area (Å²) in [5.41, 5.74) is 3.51. The molecule has 2 aromatic rings. The predicted molar refractivity (Wildman–Crippen MR) is 102 cm³/mol. The first-order valence-electron chi connectivity index (χ1n) is 8.50. The Hall–Kier alpha value is -2.18. The molecule has 1 aliphatic rings. The van der Waals surface area contributed by atoms with E-state index in [0.717, 1.165) is 36.9 Å². The average molecular weight is 357 g/mol. The first-order chi connectivity index (χ1) is 12.1. The van der Waals surface area contributed by atoms with Crippen LogP contribution in [-0.2, 0) is 11.3 Å². The van der Waals surface area contributed by atoms with E-state index in [1.807, 2.05) is 24.4 Å². The molecule has 0 saturated heterocycles. The van der Waals surface area contributed by atoms with Crippen molar-refractivity contribution in [3.63, 3.8) is 0 Å². The van der Waals surface area contributed by atoms with Gasteiger partial charge in [-0.15, -0.1) is 11.3 Å². The summed E-state index contributed by atoms with van der Waals surface area (Å²) in [7, 11) is 0. The summed E-state index contributed by atoms with van der Waals surface area (Å²) in [4.78, 5) is 20.3. The van der Waals surface area contributed by atoms with E-state index in [-0.39, 0.29) is 5.91 Å². The minimum Gasteiger partial charge on any atom is -0.508 e. The molecule has 0 saturated carbocycles. The third-order valence-corrected chi connectivity index (χ3v) is 5.30. The van der Waals surface area contributed by atoms with Crippen molar-refractivity contribution in [1.29, 1.82) is 0 Å². The molecule has 1 aromatic carbocycles. The molecular formula is C19H23N3O2S. The van der Waals surface area contributed by atoms with Gasteiger partial charge in [0.1, 0.15) is 5.75 Å². The number of anilines is 1. The van der Waals surface area contributed by atoms with Crippen molar-refractivity contribution in [3.05, 3.63) is 47.0 Å². The van der Waals surface area contributed by atoms with Crippen LogP contribution in [0.1, 0.15) is 31.5 Å². The normalized spacial score (nSPS) is 15.0. The lowest BCUT2D eigenvalue weighted by molar-refractivity contribution is -0.116. The Bertz CT molecular complexity index is 767. The van der Waals surface area contributed by atoms with Gasteiger partial charge in [0, 0.05) is 38.5 Å². The molecule has 132 valence electrons. The van der Waals surface area contributed by atoms with Crippen molar-refractivity contribution in [2.45, 2.75) is 26.8 Å². The van der Waals surface area contributed by atoms with Gasteiger partial charge in [-0.05, 0) is 36.6 Å². The molecule has 0 spiro atoms. The van der Waals surface area contributed by atoms with Crippen LogP contribution < -0.4 is 4.90 Å². The maximum Gasteiger partial charge on any atom is 0.225 e. The van der Waals surface area contributed by atoms with Gasteiger partial charge in [-0.25, -0.2) is 4.98 Å². The molecule has 1 aliphatic heterocycles. The Balaban J connectivity index is 1.61. The SMILES string of the molecule is CCN(C(C)=O)c1nc(CN2CC=C(c3ccc(O)cc3)CC2)cs1. The second-order valence-corrected chi connectivity index (χ2v) is 6.98. The van der Waals surface area contributed by atoms with Gasteiger partial charge in [0.2, 0.25) is 5.91 Å². The molecule has 0 aliphatic carbocycles. The highest BCUT2D eigenvalue weighted by Crippen LogP contribution is 2.26. The van der Waals surface area contributed by atoms with Crippen LogP contribution in [0.2, 0.25) is 0 Å². The van der Waals surface area contributed by atoms with E-state index in [0.29, 0.717) is 12.3 Å². The summed E-state index contributed by atoms with van der Waals surface area (Å²) in [6.45, 7) is 6.83. The molecule has 3 rings (SSSR count). The Kier molecular flexibility index (Phi) is 5.50. The Morgan fingerprint density at radius 3 is 2.72 bits per heavy atom. The van der Waals surface area contributed by atoms with Gasteiger partial charge < -0.3 is 5.11 Å². The summed E-state index contributed by atoms with van der Waals surface area (Å²) in [5.74, 6) is 0.329. The van der Waals surface area contributed by atoms with E-state index in [1.165, 1.54) is 22.5 Å². The molecule has 0 radical (unpaired) electrons. The highest BCUT2D eigenvalue weighted by atomic mass is 32.1. The maximum atomic E-state index is 11.6. The molecule has 0 unspecified atom stereocenters. The molecule has 1 N–H and O–H groups in total. The Morgan fingerprint density at radius 2 is 2.12 bits per heavy atom. The number of phenolic OH excluding ortho intramolecular Hbond substituents is 1. The van der Waals surface area contributed by atoms with Crippen molar-refractivity contribution in [1.82, 2.24) is 9.88 Å². The van der Waals surface area contributed by atoms with Gasteiger partial charge >= 0.3 is 0 Å². The lowest BCUT2D eigenvalue weighted by atomic mass is 9.99. The molecule has 0 bridgehead atoms. The van der Waals surface area contributed by atoms with E-state index in [2.05, 4.69) is 16.0 Å². The van der Waals surface area contributed by atoms with E-state index >= 15 is 0 Å². The summed E-state index contributed by atoms with van der Waals surface area (Å²) < 4.78 is 0. The van der Waals surface area contributed by atoms with Crippen molar-refractivity contribution in [2.24, 2.45) is 0 Å². The Labute approximate surface area is 152 Å². The minimum atomic E-state index is 0.0304. The average Bonchev–Trinajstić information content (AvgIpc) is 3.05. The quantitative estimate of drug-likeness (QED) is 0.890. The van der Waals surface area contributed by atoms with E-state index in [9.17, 15) is 9.90 Å². The Morgan fingerprint density at radius 1 is 1.36 bits per heavy atom. The number of aromatic hydroxyl groups is 1. The molecule has 0 atom stereocenters. The van der Waals surface area contributed by atoms with Crippen LogP contribution >= 0.6 is 11.3 Å². The largest absolute Gasteiger partial charge is 0.508 e. The number of thiazole rings is 1. The van der Waals surface area contributed by atoms with Gasteiger partial charge in [-0.3, -0.25) is 14.6 Å². The lowest BCUT2D eigenvalue weighted by Gasteiger charge is -2.25. The zero-order chi connectivity index (χ0) is 17.8. The summed E-state index contributed by atoms with van der Waals surface area (Å²) in [5, 5.41) is 12.2. The van der Waals surface area contributed by atoms with Gasteiger partial charge in [-0.2, -0.15) is 0 Å². The van der Waals surface area contributed by atoms with Gasteiger partial charge in [0.05, 0.1) is 5.69 Å². The topological polar surface area (TPSA) is 56.7 Å². The summed E-state index contributed by atoms with van der Waals surface area (Å²) in [6, 6.07) is 7.39. The smallest absolute Gasteiger partial charge is 0.225 e. The molecule has 25 heavy (non-hydrogen) atoms. The van der Waals surface area contributed by atoms with Gasteiger partial charge in [0.25, 0.3) is 0 Å². The van der Waals surface area contributed by atoms with E-state index < -0.39 is 0 Å². The van der Waals surface area contributed by atoms with Crippen LogP contribution in [0.3, 0.4) is 0 Å². The number of nitrogens with zero attached hydrogens (tertiary/aromatic N) is 3. The van der Waals surface area contributed by atoms with E-state index in [4.69, 9.17) is 0 Å². The number of carbonyl (C=O) groups is 1. The van der Waals surface area contributed by atoms with Crippen LogP contribution in [0.25, 0.3) is 5.57 Å². The highest BCUT2D eigenvalue weighted by Gasteiger charge is 2.17. The molecule has 2 heterocycles. The number of phenols is 1. The fourth-order valence-corrected chi connectivity index (χ4v) is 3.93. The van der Waals surface area contributed by atoms with Crippen LogP contribution in [0.15, 0.2) is 35.7 Å². The van der Waals surface area contributed by atoms with Crippen molar-refractivity contribution >= 4 is 27.9 Å². The third kappa shape index (κ3) is 4.27. The van der Waals surface area contributed by atoms with E-state index in [1.54, 1.807) is 24.0 Å². The predicted octanol–water partition coefficient (Wildman–Crippen LogP) is 3.51. The maximum absolute atomic E-state index is 11.6. The lowest BCUT2D eigenvalue weighted by Crippen LogP contribution is -2.29. The third-order valence-electron chi connectivity index (χ3n) is 4.38. The van der Waals surface area contributed by atoms with Crippen molar-refractivity contribution in [3.8, 4) is 5.75 Å². The minimum absolute atomic E-state index is 0.0304. The molecule has 1 amide bonds. The van der Waals surface area contributed by atoms with Crippen LogP contribution in [-0.4, -0.2) is 40.5 Å². The molecule has 5 nitrogen and oxygen atoms in total. The summed E-state index contributed by atoms with van der Waals surface area (Å²) in [6.07, 6.45) is 3.23. The van der Waals surface area contributed by atoms with Crippen molar-refractivity contribution < 1.29 is 9.90 Å². The first kappa shape index (κ1) is 17.6. The summed E-state index contributed by atoms with van der Waals surface area (Å²) >= 11 is 1.53. The van der Waals surface area contributed by atoms with Crippen molar-refractivity contribution in [2.75, 3.05) is 24.5 Å². The molecule has 6 heteroatoms. The van der Waals surface area contributed by atoms with Gasteiger partial charge in [0.15, 0.2) is 5.13 Å². The monoisotopic (exact) mass is 357 g/mol. The molecular weight excluding hydrogens is 334 g/mol. The molecule has 1 aromatic heterocycles. The first-order valence-corrected chi connectivity index (χ1v) is 9.38. The van der Waals surface area contributed by atoms with Crippen LogP contribution in [0.5, 0.6) is 5.75 Å². The number of amides is 1. The number of rotatable bonds is 5.